The summed E-state index contributed by atoms with van der Waals surface area (Å²) in [4.78, 5) is 14.5. The molecular formula is C15H22N2O. The highest BCUT2D eigenvalue weighted by Gasteiger charge is 2.50. The highest BCUT2D eigenvalue weighted by molar-refractivity contribution is 5.85. The van der Waals surface area contributed by atoms with Gasteiger partial charge in [0, 0.05) is 19.6 Å². The molecule has 2 rings (SSSR count). The number of hydrogen-bond donors (Lipinski definition) is 1. The van der Waals surface area contributed by atoms with E-state index in [0.717, 1.165) is 25.8 Å². The lowest BCUT2D eigenvalue weighted by atomic mass is 10.0. The minimum Gasteiger partial charge on any atom is -0.338 e. The molecule has 0 bridgehead atoms. The van der Waals surface area contributed by atoms with Gasteiger partial charge >= 0.3 is 0 Å². The van der Waals surface area contributed by atoms with E-state index in [1.807, 2.05) is 23.1 Å². The first-order chi connectivity index (χ1) is 8.72. The standard InChI is InChI=1S/C15H22N2O/c1-2-10-17(11-13-6-4-3-5-7-13)14(18)15(12-16)8-9-15/h3-7H,2,8-12,16H2,1H3. The zero-order valence-electron chi connectivity index (χ0n) is 11.1. The molecule has 0 aromatic heterocycles. The molecule has 0 atom stereocenters. The number of carbonyl (C=O) groups excluding carboxylic acids is 1. The molecule has 0 unspecified atom stereocenters. The fourth-order valence-corrected chi connectivity index (χ4v) is 2.32. The van der Waals surface area contributed by atoms with E-state index in [1.165, 1.54) is 5.56 Å². The van der Waals surface area contributed by atoms with E-state index < -0.39 is 0 Å². The van der Waals surface area contributed by atoms with Gasteiger partial charge in [0.2, 0.25) is 5.91 Å². The molecule has 1 aliphatic carbocycles. The van der Waals surface area contributed by atoms with Gasteiger partial charge in [-0.15, -0.1) is 0 Å². The average molecular weight is 246 g/mol. The van der Waals surface area contributed by atoms with Gasteiger partial charge in [-0.1, -0.05) is 37.3 Å². The molecule has 18 heavy (non-hydrogen) atoms. The summed E-state index contributed by atoms with van der Waals surface area (Å²) in [6, 6.07) is 10.2. The van der Waals surface area contributed by atoms with Crippen LogP contribution in [-0.2, 0) is 11.3 Å². The Hall–Kier alpha value is -1.35. The molecule has 1 aromatic rings. The lowest BCUT2D eigenvalue weighted by Crippen LogP contribution is -2.40. The van der Waals surface area contributed by atoms with E-state index in [2.05, 4.69) is 19.1 Å². The van der Waals surface area contributed by atoms with Crippen molar-refractivity contribution in [2.75, 3.05) is 13.1 Å². The van der Waals surface area contributed by atoms with Crippen LogP contribution in [-0.4, -0.2) is 23.9 Å². The van der Waals surface area contributed by atoms with E-state index in [-0.39, 0.29) is 11.3 Å². The summed E-state index contributed by atoms with van der Waals surface area (Å²) in [7, 11) is 0. The van der Waals surface area contributed by atoms with Crippen LogP contribution in [0.15, 0.2) is 30.3 Å². The fourth-order valence-electron chi connectivity index (χ4n) is 2.32. The van der Waals surface area contributed by atoms with Crippen molar-refractivity contribution in [2.24, 2.45) is 11.1 Å². The molecule has 1 amide bonds. The number of carbonyl (C=O) groups is 1. The van der Waals surface area contributed by atoms with Crippen LogP contribution in [0.5, 0.6) is 0 Å². The predicted molar refractivity (Wildman–Crippen MR) is 72.9 cm³/mol. The van der Waals surface area contributed by atoms with Crippen molar-refractivity contribution in [3.05, 3.63) is 35.9 Å². The van der Waals surface area contributed by atoms with Gasteiger partial charge in [-0.3, -0.25) is 4.79 Å². The molecule has 3 nitrogen and oxygen atoms in total. The van der Waals surface area contributed by atoms with E-state index in [1.54, 1.807) is 0 Å². The summed E-state index contributed by atoms with van der Waals surface area (Å²) in [5.74, 6) is 0.246. The van der Waals surface area contributed by atoms with Gasteiger partial charge in [-0.25, -0.2) is 0 Å². The molecule has 98 valence electrons. The molecule has 0 aliphatic heterocycles. The molecule has 0 spiro atoms. The maximum absolute atomic E-state index is 12.5. The summed E-state index contributed by atoms with van der Waals surface area (Å²) in [5.41, 5.74) is 6.70. The summed E-state index contributed by atoms with van der Waals surface area (Å²) in [5, 5.41) is 0. The molecule has 1 aliphatic rings. The van der Waals surface area contributed by atoms with Crippen LogP contribution in [0.3, 0.4) is 0 Å². The number of nitrogens with zero attached hydrogens (tertiary/aromatic N) is 1. The lowest BCUT2D eigenvalue weighted by molar-refractivity contribution is -0.137. The van der Waals surface area contributed by atoms with E-state index in [0.29, 0.717) is 13.1 Å². The lowest BCUT2D eigenvalue weighted by Gasteiger charge is -2.26. The fraction of sp³-hybridized carbons (Fsp3) is 0.533. The number of benzene rings is 1. The number of amides is 1. The summed E-state index contributed by atoms with van der Waals surface area (Å²) >= 11 is 0. The van der Waals surface area contributed by atoms with Crippen LogP contribution in [0, 0.1) is 5.41 Å². The van der Waals surface area contributed by atoms with Crippen LogP contribution in [0.2, 0.25) is 0 Å². The first-order valence-electron chi connectivity index (χ1n) is 6.75. The Morgan fingerprint density at radius 2 is 2.00 bits per heavy atom. The highest BCUT2D eigenvalue weighted by Crippen LogP contribution is 2.46. The third kappa shape index (κ3) is 2.72. The van der Waals surface area contributed by atoms with Gasteiger partial charge in [-0.2, -0.15) is 0 Å². The Balaban J connectivity index is 2.06. The van der Waals surface area contributed by atoms with Crippen molar-refractivity contribution in [1.29, 1.82) is 0 Å². The molecule has 0 saturated heterocycles. The molecule has 1 saturated carbocycles. The smallest absolute Gasteiger partial charge is 0.230 e. The second-order valence-corrected chi connectivity index (χ2v) is 5.20. The number of hydrogen-bond acceptors (Lipinski definition) is 2. The van der Waals surface area contributed by atoms with E-state index >= 15 is 0 Å². The Kier molecular flexibility index (Phi) is 4.02. The van der Waals surface area contributed by atoms with Gasteiger partial charge in [-0.05, 0) is 24.8 Å². The monoisotopic (exact) mass is 246 g/mol. The number of rotatable bonds is 6. The van der Waals surface area contributed by atoms with Crippen molar-refractivity contribution in [3.63, 3.8) is 0 Å². The Labute approximate surface area is 109 Å². The van der Waals surface area contributed by atoms with Crippen LogP contribution in [0.4, 0.5) is 0 Å². The van der Waals surface area contributed by atoms with Gasteiger partial charge in [0.1, 0.15) is 0 Å². The highest BCUT2D eigenvalue weighted by atomic mass is 16.2. The van der Waals surface area contributed by atoms with E-state index in [9.17, 15) is 4.79 Å². The molecular weight excluding hydrogens is 224 g/mol. The van der Waals surface area contributed by atoms with E-state index in [4.69, 9.17) is 5.73 Å². The largest absolute Gasteiger partial charge is 0.338 e. The van der Waals surface area contributed by atoms with Gasteiger partial charge in [0.15, 0.2) is 0 Å². The van der Waals surface area contributed by atoms with Crippen molar-refractivity contribution < 1.29 is 4.79 Å². The first-order valence-corrected chi connectivity index (χ1v) is 6.75. The van der Waals surface area contributed by atoms with Crippen LogP contribution < -0.4 is 5.73 Å². The van der Waals surface area contributed by atoms with Crippen molar-refractivity contribution in [3.8, 4) is 0 Å². The normalized spacial score (nSPS) is 16.3. The molecule has 1 fully saturated rings. The third-order valence-corrected chi connectivity index (χ3v) is 3.69. The zero-order valence-corrected chi connectivity index (χ0v) is 11.1. The predicted octanol–water partition coefficient (Wildman–Crippen LogP) is 2.16. The Morgan fingerprint density at radius 1 is 1.33 bits per heavy atom. The second-order valence-electron chi connectivity index (χ2n) is 5.20. The first kappa shape index (κ1) is 13.1. The Morgan fingerprint density at radius 3 is 2.50 bits per heavy atom. The maximum atomic E-state index is 12.5. The second kappa shape index (κ2) is 5.53. The van der Waals surface area contributed by atoms with Gasteiger partial charge < -0.3 is 10.6 Å². The summed E-state index contributed by atoms with van der Waals surface area (Å²) < 4.78 is 0. The quantitative estimate of drug-likeness (QED) is 0.836. The summed E-state index contributed by atoms with van der Waals surface area (Å²) in [6.45, 7) is 4.11. The van der Waals surface area contributed by atoms with Crippen molar-refractivity contribution in [2.45, 2.75) is 32.7 Å². The zero-order chi connectivity index (χ0) is 13.0. The minimum atomic E-state index is -0.232. The molecule has 0 heterocycles. The topological polar surface area (TPSA) is 46.3 Å². The van der Waals surface area contributed by atoms with Crippen LogP contribution in [0.1, 0.15) is 31.7 Å². The van der Waals surface area contributed by atoms with Gasteiger partial charge in [0.25, 0.3) is 0 Å². The minimum absolute atomic E-state index is 0.232. The SMILES string of the molecule is CCCN(Cc1ccccc1)C(=O)C1(CN)CC1. The molecule has 1 aromatic carbocycles. The molecule has 0 radical (unpaired) electrons. The van der Waals surface area contributed by atoms with Crippen molar-refractivity contribution in [1.82, 2.24) is 4.90 Å². The average Bonchev–Trinajstić information content (AvgIpc) is 3.20. The molecule has 2 N–H and O–H groups in total. The molecule has 3 heteroatoms. The Bertz CT molecular complexity index is 398. The maximum Gasteiger partial charge on any atom is 0.230 e. The van der Waals surface area contributed by atoms with Gasteiger partial charge in [0.05, 0.1) is 5.41 Å². The third-order valence-electron chi connectivity index (χ3n) is 3.69. The van der Waals surface area contributed by atoms with Crippen LogP contribution >= 0.6 is 0 Å². The number of nitrogens with two attached hydrogens (primary N) is 1. The summed E-state index contributed by atoms with van der Waals surface area (Å²) in [6.07, 6.45) is 2.90. The van der Waals surface area contributed by atoms with Crippen molar-refractivity contribution >= 4 is 5.91 Å². The van der Waals surface area contributed by atoms with Crippen LogP contribution in [0.25, 0.3) is 0 Å².